The number of hydrogen-bond donors (Lipinski definition) is 1. The zero-order chi connectivity index (χ0) is 14.8. The molecule has 0 aromatic heterocycles. The fraction of sp³-hybridized carbons (Fsp3) is 0.647. The molecule has 1 aliphatic rings. The lowest BCUT2D eigenvalue weighted by Gasteiger charge is -2.26. The highest BCUT2D eigenvalue weighted by Gasteiger charge is 2.08. The number of nitrogens with zero attached hydrogens (tertiary/aromatic N) is 1. The number of benzene rings is 1. The number of rotatable bonds is 9. The standard InChI is InChI=1S/C17H28N2O2/c1-2-11-21-17-6-3-5-16(14-17)15-18-7-4-8-19-9-12-20-13-10-19/h3,5-6,14,18H,2,4,7-13,15H2,1H3. The lowest BCUT2D eigenvalue weighted by atomic mass is 10.2. The molecule has 0 spiro atoms. The van der Waals surface area contributed by atoms with Crippen molar-refractivity contribution in [2.24, 2.45) is 0 Å². The third kappa shape index (κ3) is 6.46. The average molecular weight is 292 g/mol. The van der Waals surface area contributed by atoms with Gasteiger partial charge in [-0.25, -0.2) is 0 Å². The summed E-state index contributed by atoms with van der Waals surface area (Å²) in [5, 5.41) is 3.51. The minimum Gasteiger partial charge on any atom is -0.494 e. The molecule has 1 saturated heterocycles. The Morgan fingerprint density at radius 3 is 2.95 bits per heavy atom. The highest BCUT2D eigenvalue weighted by Crippen LogP contribution is 2.13. The van der Waals surface area contributed by atoms with E-state index in [1.807, 2.05) is 6.07 Å². The van der Waals surface area contributed by atoms with E-state index in [4.69, 9.17) is 9.47 Å². The van der Waals surface area contributed by atoms with Crippen molar-refractivity contribution in [3.8, 4) is 5.75 Å². The third-order valence-corrected chi connectivity index (χ3v) is 3.63. The summed E-state index contributed by atoms with van der Waals surface area (Å²) in [6.07, 6.45) is 2.23. The van der Waals surface area contributed by atoms with E-state index >= 15 is 0 Å². The van der Waals surface area contributed by atoms with Crippen molar-refractivity contribution in [2.45, 2.75) is 26.3 Å². The van der Waals surface area contributed by atoms with Crippen LogP contribution in [0.5, 0.6) is 5.75 Å². The predicted molar refractivity (Wildman–Crippen MR) is 85.8 cm³/mol. The van der Waals surface area contributed by atoms with Gasteiger partial charge in [0, 0.05) is 19.6 Å². The van der Waals surface area contributed by atoms with Gasteiger partial charge < -0.3 is 14.8 Å². The fourth-order valence-corrected chi connectivity index (χ4v) is 2.45. The Balaban J connectivity index is 1.59. The first-order chi connectivity index (χ1) is 10.4. The van der Waals surface area contributed by atoms with Gasteiger partial charge in [-0.15, -0.1) is 0 Å². The minimum absolute atomic E-state index is 0.788. The van der Waals surface area contributed by atoms with Crippen molar-refractivity contribution in [3.05, 3.63) is 29.8 Å². The molecule has 0 radical (unpaired) electrons. The van der Waals surface area contributed by atoms with Gasteiger partial charge in [-0.05, 0) is 43.6 Å². The van der Waals surface area contributed by atoms with E-state index in [2.05, 4.69) is 35.3 Å². The quantitative estimate of drug-likeness (QED) is 0.708. The molecular weight excluding hydrogens is 264 g/mol. The zero-order valence-corrected chi connectivity index (χ0v) is 13.1. The van der Waals surface area contributed by atoms with E-state index in [0.717, 1.165) is 64.7 Å². The lowest BCUT2D eigenvalue weighted by molar-refractivity contribution is 0.0374. The van der Waals surface area contributed by atoms with Gasteiger partial charge in [0.1, 0.15) is 5.75 Å². The molecule has 1 fully saturated rings. The Kier molecular flexibility index (Phi) is 7.57. The Morgan fingerprint density at radius 2 is 2.14 bits per heavy atom. The summed E-state index contributed by atoms with van der Waals surface area (Å²) in [4.78, 5) is 2.48. The second-order valence-electron chi connectivity index (χ2n) is 5.48. The molecule has 0 aliphatic carbocycles. The van der Waals surface area contributed by atoms with E-state index in [0.29, 0.717) is 0 Å². The molecule has 0 unspecified atom stereocenters. The summed E-state index contributed by atoms with van der Waals surface area (Å²) in [5.74, 6) is 0.976. The predicted octanol–water partition coefficient (Wildman–Crippen LogP) is 2.29. The van der Waals surface area contributed by atoms with Crippen molar-refractivity contribution < 1.29 is 9.47 Å². The Bertz CT molecular complexity index is 392. The van der Waals surface area contributed by atoms with Crippen LogP contribution in [0.3, 0.4) is 0 Å². The first kappa shape index (κ1) is 16.3. The molecule has 4 nitrogen and oxygen atoms in total. The number of morpholine rings is 1. The Labute approximate surface area is 128 Å². The summed E-state index contributed by atoms with van der Waals surface area (Å²) in [6.45, 7) is 9.97. The summed E-state index contributed by atoms with van der Waals surface area (Å²) < 4.78 is 11.0. The van der Waals surface area contributed by atoms with Gasteiger partial charge in [-0.3, -0.25) is 4.90 Å². The highest BCUT2D eigenvalue weighted by molar-refractivity contribution is 5.28. The second-order valence-corrected chi connectivity index (χ2v) is 5.48. The van der Waals surface area contributed by atoms with Gasteiger partial charge in [0.05, 0.1) is 19.8 Å². The first-order valence-electron chi connectivity index (χ1n) is 8.11. The molecule has 0 amide bonds. The molecule has 21 heavy (non-hydrogen) atoms. The molecular formula is C17H28N2O2. The van der Waals surface area contributed by atoms with Crippen molar-refractivity contribution in [1.29, 1.82) is 0 Å². The topological polar surface area (TPSA) is 33.7 Å². The largest absolute Gasteiger partial charge is 0.494 e. The Morgan fingerprint density at radius 1 is 1.29 bits per heavy atom. The average Bonchev–Trinajstić information content (AvgIpc) is 2.54. The second kappa shape index (κ2) is 9.77. The fourth-order valence-electron chi connectivity index (χ4n) is 2.45. The van der Waals surface area contributed by atoms with Gasteiger partial charge >= 0.3 is 0 Å². The third-order valence-electron chi connectivity index (χ3n) is 3.63. The summed E-state index contributed by atoms with van der Waals surface area (Å²) >= 11 is 0. The van der Waals surface area contributed by atoms with Crippen LogP contribution in [0.2, 0.25) is 0 Å². The maximum Gasteiger partial charge on any atom is 0.119 e. The van der Waals surface area contributed by atoms with Gasteiger partial charge in [0.25, 0.3) is 0 Å². The molecule has 1 aromatic carbocycles. The van der Waals surface area contributed by atoms with Crippen molar-refractivity contribution in [1.82, 2.24) is 10.2 Å². The van der Waals surface area contributed by atoms with Crippen molar-refractivity contribution in [2.75, 3.05) is 46.0 Å². The van der Waals surface area contributed by atoms with Crippen LogP contribution in [0.1, 0.15) is 25.3 Å². The van der Waals surface area contributed by atoms with Crippen LogP contribution in [-0.4, -0.2) is 50.9 Å². The molecule has 1 aromatic rings. The molecule has 1 N–H and O–H groups in total. The number of hydrogen-bond acceptors (Lipinski definition) is 4. The maximum atomic E-state index is 5.66. The number of ether oxygens (including phenoxy) is 2. The summed E-state index contributed by atoms with van der Waals surface area (Å²) in [7, 11) is 0. The number of nitrogens with one attached hydrogen (secondary N) is 1. The molecule has 2 rings (SSSR count). The van der Waals surface area contributed by atoms with Crippen LogP contribution in [-0.2, 0) is 11.3 Å². The van der Waals surface area contributed by atoms with Crippen molar-refractivity contribution in [3.63, 3.8) is 0 Å². The van der Waals surface area contributed by atoms with Crippen molar-refractivity contribution >= 4 is 0 Å². The molecule has 1 heterocycles. The molecule has 118 valence electrons. The molecule has 1 aliphatic heterocycles. The molecule has 0 saturated carbocycles. The molecule has 4 heteroatoms. The van der Waals surface area contributed by atoms with E-state index in [1.54, 1.807) is 0 Å². The van der Waals surface area contributed by atoms with Crippen LogP contribution in [0.15, 0.2) is 24.3 Å². The molecule has 0 atom stereocenters. The summed E-state index contributed by atoms with van der Waals surface area (Å²) in [6, 6.07) is 8.37. The normalized spacial score (nSPS) is 16.0. The van der Waals surface area contributed by atoms with Crippen LogP contribution in [0.4, 0.5) is 0 Å². The van der Waals surface area contributed by atoms with Gasteiger partial charge in [-0.2, -0.15) is 0 Å². The van der Waals surface area contributed by atoms with Gasteiger partial charge in [-0.1, -0.05) is 19.1 Å². The highest BCUT2D eigenvalue weighted by atomic mass is 16.5. The van der Waals surface area contributed by atoms with Crippen LogP contribution in [0.25, 0.3) is 0 Å². The Hall–Kier alpha value is -1.10. The van der Waals surface area contributed by atoms with E-state index in [1.165, 1.54) is 12.0 Å². The van der Waals surface area contributed by atoms with Crippen LogP contribution in [0, 0.1) is 0 Å². The van der Waals surface area contributed by atoms with Crippen LogP contribution < -0.4 is 10.1 Å². The maximum absolute atomic E-state index is 5.66. The van der Waals surface area contributed by atoms with Gasteiger partial charge in [0.15, 0.2) is 0 Å². The van der Waals surface area contributed by atoms with Gasteiger partial charge in [0.2, 0.25) is 0 Å². The first-order valence-corrected chi connectivity index (χ1v) is 8.11. The SMILES string of the molecule is CCCOc1cccc(CNCCCN2CCOCC2)c1. The smallest absolute Gasteiger partial charge is 0.119 e. The monoisotopic (exact) mass is 292 g/mol. The minimum atomic E-state index is 0.788. The molecule has 0 bridgehead atoms. The zero-order valence-electron chi connectivity index (χ0n) is 13.1. The lowest BCUT2D eigenvalue weighted by Crippen LogP contribution is -2.37. The van der Waals surface area contributed by atoms with E-state index < -0.39 is 0 Å². The van der Waals surface area contributed by atoms with E-state index in [-0.39, 0.29) is 0 Å². The van der Waals surface area contributed by atoms with E-state index in [9.17, 15) is 0 Å². The van der Waals surface area contributed by atoms with Crippen LogP contribution >= 0.6 is 0 Å². The summed E-state index contributed by atoms with van der Waals surface area (Å²) in [5.41, 5.74) is 1.29.